The smallest absolute Gasteiger partial charge is 0.176 e. The molecule has 3 heteroatoms. The van der Waals surface area contributed by atoms with Crippen molar-refractivity contribution in [1.29, 1.82) is 0 Å². The molecule has 0 amide bonds. The van der Waals surface area contributed by atoms with Gasteiger partial charge in [-0.15, -0.1) is 0 Å². The number of nitrogen functional groups attached to an aromatic ring is 1. The standard InChI is InChI=1S/C15H16N2O/c16-14-8-4-7-13(9-14)15(18)11-17-10-12-5-2-1-3-6-12/h1-9,17H,10-11,16H2. The van der Waals surface area contributed by atoms with E-state index >= 15 is 0 Å². The Morgan fingerprint density at radius 3 is 2.56 bits per heavy atom. The molecule has 0 saturated heterocycles. The number of carbonyl (C=O) groups excluding carboxylic acids is 1. The molecule has 3 nitrogen and oxygen atoms in total. The van der Waals surface area contributed by atoms with E-state index in [1.54, 1.807) is 24.3 Å². The number of ketones is 1. The van der Waals surface area contributed by atoms with Gasteiger partial charge in [-0.2, -0.15) is 0 Å². The molecular weight excluding hydrogens is 224 g/mol. The molecule has 0 aliphatic rings. The van der Waals surface area contributed by atoms with Crippen LogP contribution in [0, 0.1) is 0 Å². The van der Waals surface area contributed by atoms with E-state index < -0.39 is 0 Å². The van der Waals surface area contributed by atoms with Gasteiger partial charge in [0.05, 0.1) is 6.54 Å². The monoisotopic (exact) mass is 240 g/mol. The fourth-order valence-corrected chi connectivity index (χ4v) is 1.73. The summed E-state index contributed by atoms with van der Waals surface area (Å²) in [6.45, 7) is 1.01. The van der Waals surface area contributed by atoms with Crippen LogP contribution in [-0.4, -0.2) is 12.3 Å². The minimum Gasteiger partial charge on any atom is -0.399 e. The zero-order valence-corrected chi connectivity index (χ0v) is 10.1. The molecule has 0 spiro atoms. The van der Waals surface area contributed by atoms with Crippen LogP contribution in [0.2, 0.25) is 0 Å². The number of nitrogens with one attached hydrogen (secondary N) is 1. The number of benzene rings is 2. The molecule has 0 aromatic heterocycles. The van der Waals surface area contributed by atoms with Gasteiger partial charge in [0.15, 0.2) is 5.78 Å². The molecule has 0 radical (unpaired) electrons. The van der Waals surface area contributed by atoms with E-state index in [1.165, 1.54) is 0 Å². The lowest BCUT2D eigenvalue weighted by atomic mass is 10.1. The van der Waals surface area contributed by atoms with Crippen molar-refractivity contribution in [3.05, 3.63) is 65.7 Å². The van der Waals surface area contributed by atoms with Gasteiger partial charge in [0, 0.05) is 17.8 Å². The van der Waals surface area contributed by atoms with Crippen LogP contribution >= 0.6 is 0 Å². The lowest BCUT2D eigenvalue weighted by Gasteiger charge is -2.05. The van der Waals surface area contributed by atoms with Gasteiger partial charge in [-0.25, -0.2) is 0 Å². The zero-order valence-electron chi connectivity index (χ0n) is 10.1. The first-order valence-electron chi connectivity index (χ1n) is 5.89. The van der Waals surface area contributed by atoms with Crippen LogP contribution in [0.25, 0.3) is 0 Å². The van der Waals surface area contributed by atoms with Gasteiger partial charge in [0.1, 0.15) is 0 Å². The molecule has 0 saturated carbocycles. The molecule has 18 heavy (non-hydrogen) atoms. The van der Waals surface area contributed by atoms with Crippen LogP contribution in [0.5, 0.6) is 0 Å². The third-order valence-electron chi connectivity index (χ3n) is 2.67. The number of hydrogen-bond donors (Lipinski definition) is 2. The number of Topliss-reactive ketones (excluding diaryl/α,β-unsaturated/α-hetero) is 1. The van der Waals surface area contributed by atoms with E-state index in [-0.39, 0.29) is 5.78 Å². The summed E-state index contributed by atoms with van der Waals surface area (Å²) in [5, 5.41) is 3.13. The molecular formula is C15H16N2O. The summed E-state index contributed by atoms with van der Waals surface area (Å²) in [6, 6.07) is 17.0. The van der Waals surface area contributed by atoms with Gasteiger partial charge in [-0.3, -0.25) is 4.79 Å². The van der Waals surface area contributed by atoms with Gasteiger partial charge < -0.3 is 11.1 Å². The number of hydrogen-bond acceptors (Lipinski definition) is 3. The quantitative estimate of drug-likeness (QED) is 0.622. The third kappa shape index (κ3) is 3.43. The van der Waals surface area contributed by atoms with Gasteiger partial charge in [0.2, 0.25) is 0 Å². The van der Waals surface area contributed by atoms with Crippen molar-refractivity contribution in [1.82, 2.24) is 5.32 Å². The average molecular weight is 240 g/mol. The second-order valence-corrected chi connectivity index (χ2v) is 4.14. The van der Waals surface area contributed by atoms with Crippen molar-refractivity contribution in [2.75, 3.05) is 12.3 Å². The topological polar surface area (TPSA) is 55.1 Å². The molecule has 0 unspecified atom stereocenters. The Morgan fingerprint density at radius 1 is 1.06 bits per heavy atom. The van der Waals surface area contributed by atoms with Crippen molar-refractivity contribution in [3.8, 4) is 0 Å². The molecule has 2 aromatic rings. The average Bonchev–Trinajstić information content (AvgIpc) is 2.40. The van der Waals surface area contributed by atoms with Crippen LogP contribution in [-0.2, 0) is 6.54 Å². The maximum absolute atomic E-state index is 11.9. The fraction of sp³-hybridized carbons (Fsp3) is 0.133. The molecule has 0 aliphatic carbocycles. The Bertz CT molecular complexity index is 523. The number of rotatable bonds is 5. The van der Waals surface area contributed by atoms with Crippen LogP contribution in [0.3, 0.4) is 0 Å². The minimum atomic E-state index is 0.0539. The van der Waals surface area contributed by atoms with Crippen molar-refractivity contribution in [3.63, 3.8) is 0 Å². The summed E-state index contributed by atoms with van der Waals surface area (Å²) in [7, 11) is 0. The van der Waals surface area contributed by atoms with E-state index in [0.717, 1.165) is 5.56 Å². The Balaban J connectivity index is 1.86. The lowest BCUT2D eigenvalue weighted by molar-refractivity contribution is 0.0991. The Morgan fingerprint density at radius 2 is 1.83 bits per heavy atom. The van der Waals surface area contributed by atoms with Crippen molar-refractivity contribution < 1.29 is 4.79 Å². The molecule has 0 heterocycles. The predicted molar refractivity (Wildman–Crippen MR) is 73.3 cm³/mol. The normalized spacial score (nSPS) is 10.2. The first kappa shape index (κ1) is 12.3. The molecule has 92 valence electrons. The van der Waals surface area contributed by atoms with Gasteiger partial charge in [-0.05, 0) is 17.7 Å². The van der Waals surface area contributed by atoms with E-state index in [1.807, 2.05) is 30.3 Å². The predicted octanol–water partition coefficient (Wildman–Crippen LogP) is 2.24. The fourth-order valence-electron chi connectivity index (χ4n) is 1.73. The van der Waals surface area contributed by atoms with Gasteiger partial charge in [0.25, 0.3) is 0 Å². The highest BCUT2D eigenvalue weighted by Gasteiger charge is 2.05. The molecule has 0 bridgehead atoms. The minimum absolute atomic E-state index is 0.0539. The van der Waals surface area contributed by atoms with Crippen LogP contribution < -0.4 is 11.1 Å². The molecule has 0 atom stereocenters. The van der Waals surface area contributed by atoms with Gasteiger partial charge >= 0.3 is 0 Å². The van der Waals surface area contributed by atoms with Crippen molar-refractivity contribution in [2.24, 2.45) is 0 Å². The summed E-state index contributed by atoms with van der Waals surface area (Å²) >= 11 is 0. The summed E-state index contributed by atoms with van der Waals surface area (Å²) < 4.78 is 0. The number of anilines is 1. The molecule has 0 fully saturated rings. The highest BCUT2D eigenvalue weighted by molar-refractivity contribution is 5.98. The first-order chi connectivity index (χ1) is 8.75. The summed E-state index contributed by atoms with van der Waals surface area (Å²) in [5.74, 6) is 0.0539. The van der Waals surface area contributed by atoms with Crippen molar-refractivity contribution in [2.45, 2.75) is 6.54 Å². The Hall–Kier alpha value is -2.13. The largest absolute Gasteiger partial charge is 0.399 e. The molecule has 3 N–H and O–H groups in total. The molecule has 0 aliphatic heterocycles. The van der Waals surface area contributed by atoms with Crippen LogP contribution in [0.4, 0.5) is 5.69 Å². The van der Waals surface area contributed by atoms with Gasteiger partial charge in [-0.1, -0.05) is 42.5 Å². The number of carbonyl (C=O) groups is 1. The summed E-state index contributed by atoms with van der Waals surface area (Å²) in [4.78, 5) is 11.9. The van der Waals surface area contributed by atoms with E-state index in [9.17, 15) is 4.79 Å². The lowest BCUT2D eigenvalue weighted by Crippen LogP contribution is -2.22. The molecule has 2 aromatic carbocycles. The van der Waals surface area contributed by atoms with Crippen LogP contribution in [0.15, 0.2) is 54.6 Å². The zero-order chi connectivity index (χ0) is 12.8. The van der Waals surface area contributed by atoms with E-state index in [0.29, 0.717) is 24.3 Å². The maximum Gasteiger partial charge on any atom is 0.176 e. The maximum atomic E-state index is 11.9. The van der Waals surface area contributed by atoms with E-state index in [2.05, 4.69) is 5.32 Å². The van der Waals surface area contributed by atoms with E-state index in [4.69, 9.17) is 5.73 Å². The second kappa shape index (κ2) is 5.98. The SMILES string of the molecule is Nc1cccc(C(=O)CNCc2ccccc2)c1. The Labute approximate surface area is 107 Å². The first-order valence-corrected chi connectivity index (χ1v) is 5.89. The third-order valence-corrected chi connectivity index (χ3v) is 2.67. The number of nitrogens with two attached hydrogens (primary N) is 1. The second-order valence-electron chi connectivity index (χ2n) is 4.14. The summed E-state index contributed by atoms with van der Waals surface area (Å²) in [6.07, 6.45) is 0. The Kier molecular flexibility index (Phi) is 4.10. The van der Waals surface area contributed by atoms with Crippen LogP contribution in [0.1, 0.15) is 15.9 Å². The van der Waals surface area contributed by atoms with Crippen molar-refractivity contribution >= 4 is 11.5 Å². The highest BCUT2D eigenvalue weighted by Crippen LogP contribution is 2.07. The highest BCUT2D eigenvalue weighted by atomic mass is 16.1. The summed E-state index contributed by atoms with van der Waals surface area (Å²) in [5.41, 5.74) is 8.07. The molecule has 2 rings (SSSR count).